The van der Waals surface area contributed by atoms with Crippen molar-refractivity contribution in [2.75, 3.05) is 7.11 Å². The van der Waals surface area contributed by atoms with Crippen LogP contribution in [0.4, 0.5) is 0 Å². The molecule has 0 bridgehead atoms. The SMILES string of the molecule is CC[C]1CCCC(OC)C1. The van der Waals surface area contributed by atoms with E-state index in [-0.39, 0.29) is 0 Å². The van der Waals surface area contributed by atoms with Crippen molar-refractivity contribution in [1.29, 1.82) is 0 Å². The van der Waals surface area contributed by atoms with Gasteiger partial charge >= 0.3 is 0 Å². The Kier molecular flexibility index (Phi) is 3.20. The third-order valence-corrected chi connectivity index (χ3v) is 2.41. The van der Waals surface area contributed by atoms with E-state index in [0.717, 1.165) is 0 Å². The highest BCUT2D eigenvalue weighted by Gasteiger charge is 2.19. The van der Waals surface area contributed by atoms with Gasteiger partial charge in [0.25, 0.3) is 0 Å². The molecule has 1 rings (SSSR count). The molecule has 10 heavy (non-hydrogen) atoms. The Bertz CT molecular complexity index is 80.7. The molecule has 1 nitrogen and oxygen atoms in total. The van der Waals surface area contributed by atoms with Gasteiger partial charge in [-0.15, -0.1) is 0 Å². The van der Waals surface area contributed by atoms with Crippen LogP contribution in [0, 0.1) is 5.92 Å². The molecule has 1 radical (unpaired) electrons. The Morgan fingerprint density at radius 2 is 2.40 bits per heavy atom. The average molecular weight is 141 g/mol. The topological polar surface area (TPSA) is 9.23 Å². The van der Waals surface area contributed by atoms with Gasteiger partial charge in [-0.3, -0.25) is 0 Å². The number of methoxy groups -OCH3 is 1. The van der Waals surface area contributed by atoms with Crippen LogP contribution in [0.15, 0.2) is 0 Å². The fraction of sp³-hybridized carbons (Fsp3) is 0.889. The molecule has 0 aromatic heterocycles. The van der Waals surface area contributed by atoms with Gasteiger partial charge in [-0.25, -0.2) is 0 Å². The van der Waals surface area contributed by atoms with E-state index in [9.17, 15) is 0 Å². The van der Waals surface area contributed by atoms with E-state index in [0.29, 0.717) is 6.10 Å². The van der Waals surface area contributed by atoms with E-state index in [1.165, 1.54) is 32.1 Å². The summed E-state index contributed by atoms with van der Waals surface area (Å²) in [5, 5.41) is 0. The summed E-state index contributed by atoms with van der Waals surface area (Å²) in [6.45, 7) is 2.24. The summed E-state index contributed by atoms with van der Waals surface area (Å²) < 4.78 is 5.30. The van der Waals surface area contributed by atoms with E-state index < -0.39 is 0 Å². The minimum Gasteiger partial charge on any atom is -0.381 e. The number of hydrogen-bond acceptors (Lipinski definition) is 1. The third kappa shape index (κ3) is 1.98. The molecule has 1 unspecified atom stereocenters. The molecule has 0 amide bonds. The highest BCUT2D eigenvalue weighted by molar-refractivity contribution is 4.94. The molecule has 1 heteroatoms. The van der Waals surface area contributed by atoms with Crippen molar-refractivity contribution in [2.45, 2.75) is 45.1 Å². The molecule has 1 aliphatic carbocycles. The Morgan fingerprint density at radius 1 is 1.60 bits per heavy atom. The maximum atomic E-state index is 5.30. The van der Waals surface area contributed by atoms with Crippen LogP contribution < -0.4 is 0 Å². The van der Waals surface area contributed by atoms with E-state index in [1.807, 2.05) is 7.11 Å². The Balaban J connectivity index is 2.25. The maximum absolute atomic E-state index is 5.30. The van der Waals surface area contributed by atoms with Crippen molar-refractivity contribution in [2.24, 2.45) is 0 Å². The number of ether oxygens (including phenoxy) is 1. The number of hydrogen-bond donors (Lipinski definition) is 0. The first-order valence-electron chi connectivity index (χ1n) is 4.23. The minimum atomic E-state index is 0.531. The van der Waals surface area contributed by atoms with E-state index >= 15 is 0 Å². The first kappa shape index (κ1) is 8.06. The fourth-order valence-electron chi connectivity index (χ4n) is 1.63. The van der Waals surface area contributed by atoms with Gasteiger partial charge in [0.05, 0.1) is 6.10 Å². The lowest BCUT2D eigenvalue weighted by Gasteiger charge is -2.26. The first-order chi connectivity index (χ1) is 4.86. The molecule has 1 fully saturated rings. The molecule has 0 heterocycles. The Labute approximate surface area is 63.8 Å². The summed E-state index contributed by atoms with van der Waals surface area (Å²) in [4.78, 5) is 0. The maximum Gasteiger partial charge on any atom is 0.0576 e. The van der Waals surface area contributed by atoms with Gasteiger partial charge in [0.2, 0.25) is 0 Å². The zero-order valence-corrected chi connectivity index (χ0v) is 7.02. The van der Waals surface area contributed by atoms with E-state index in [2.05, 4.69) is 6.92 Å². The second-order valence-corrected chi connectivity index (χ2v) is 3.06. The van der Waals surface area contributed by atoms with Crippen LogP contribution >= 0.6 is 0 Å². The highest BCUT2D eigenvalue weighted by Crippen LogP contribution is 2.29. The number of rotatable bonds is 2. The van der Waals surface area contributed by atoms with Gasteiger partial charge < -0.3 is 4.74 Å². The normalized spacial score (nSPS) is 28.8. The Morgan fingerprint density at radius 3 is 3.00 bits per heavy atom. The molecule has 0 aromatic carbocycles. The molecule has 0 N–H and O–H groups in total. The van der Waals surface area contributed by atoms with Gasteiger partial charge in [0.1, 0.15) is 0 Å². The standard InChI is InChI=1S/C9H17O/c1-3-8-5-4-6-9(7-8)10-2/h9H,3-7H2,1-2H3. The van der Waals surface area contributed by atoms with Gasteiger partial charge in [-0.2, -0.15) is 0 Å². The molecular weight excluding hydrogens is 124 g/mol. The second-order valence-electron chi connectivity index (χ2n) is 3.06. The molecular formula is C9H17O. The van der Waals surface area contributed by atoms with E-state index in [1.54, 1.807) is 5.92 Å². The smallest absolute Gasteiger partial charge is 0.0576 e. The zero-order chi connectivity index (χ0) is 7.40. The highest BCUT2D eigenvalue weighted by atomic mass is 16.5. The minimum absolute atomic E-state index is 0.531. The van der Waals surface area contributed by atoms with Crippen molar-refractivity contribution >= 4 is 0 Å². The lowest BCUT2D eigenvalue weighted by molar-refractivity contribution is 0.0763. The molecule has 1 saturated carbocycles. The lowest BCUT2D eigenvalue weighted by Crippen LogP contribution is -2.19. The van der Waals surface area contributed by atoms with Crippen LogP contribution in [0.1, 0.15) is 39.0 Å². The fourth-order valence-corrected chi connectivity index (χ4v) is 1.63. The monoisotopic (exact) mass is 141 g/mol. The molecule has 59 valence electrons. The second kappa shape index (κ2) is 3.97. The van der Waals surface area contributed by atoms with Crippen molar-refractivity contribution in [3.8, 4) is 0 Å². The van der Waals surface area contributed by atoms with E-state index in [4.69, 9.17) is 4.74 Å². The summed E-state index contributed by atoms with van der Waals surface area (Å²) in [7, 11) is 1.82. The summed E-state index contributed by atoms with van der Waals surface area (Å²) >= 11 is 0. The van der Waals surface area contributed by atoms with Crippen LogP contribution in [0.3, 0.4) is 0 Å². The molecule has 1 aliphatic rings. The van der Waals surface area contributed by atoms with Gasteiger partial charge in [-0.1, -0.05) is 13.3 Å². The quantitative estimate of drug-likeness (QED) is 0.574. The molecule has 0 spiro atoms. The first-order valence-corrected chi connectivity index (χ1v) is 4.23. The predicted octanol–water partition coefficient (Wildman–Crippen LogP) is 2.56. The van der Waals surface area contributed by atoms with Crippen LogP contribution in [0.5, 0.6) is 0 Å². The van der Waals surface area contributed by atoms with Crippen molar-refractivity contribution in [3.05, 3.63) is 5.92 Å². The molecule has 1 atom stereocenters. The Hall–Kier alpha value is -0.0400. The summed E-state index contributed by atoms with van der Waals surface area (Å²) in [5.74, 6) is 1.69. The van der Waals surface area contributed by atoms with Gasteiger partial charge in [-0.05, 0) is 31.6 Å². The van der Waals surface area contributed by atoms with Crippen molar-refractivity contribution in [3.63, 3.8) is 0 Å². The largest absolute Gasteiger partial charge is 0.381 e. The van der Waals surface area contributed by atoms with Gasteiger partial charge in [0, 0.05) is 7.11 Å². The van der Waals surface area contributed by atoms with Crippen LogP contribution in [-0.2, 0) is 4.74 Å². The predicted molar refractivity (Wildman–Crippen MR) is 42.8 cm³/mol. The molecule has 0 saturated heterocycles. The van der Waals surface area contributed by atoms with Crippen molar-refractivity contribution < 1.29 is 4.74 Å². The lowest BCUT2D eigenvalue weighted by atomic mass is 9.86. The van der Waals surface area contributed by atoms with Gasteiger partial charge in [0.15, 0.2) is 0 Å². The summed E-state index contributed by atoms with van der Waals surface area (Å²) in [6, 6.07) is 0. The van der Waals surface area contributed by atoms with Crippen LogP contribution in [0.2, 0.25) is 0 Å². The van der Waals surface area contributed by atoms with Crippen molar-refractivity contribution in [1.82, 2.24) is 0 Å². The summed E-state index contributed by atoms with van der Waals surface area (Å²) in [5.41, 5.74) is 0. The average Bonchev–Trinajstić information content (AvgIpc) is 2.05. The zero-order valence-electron chi connectivity index (χ0n) is 7.02. The molecule has 0 aliphatic heterocycles. The molecule has 0 aromatic rings. The van der Waals surface area contributed by atoms with Crippen LogP contribution in [0.25, 0.3) is 0 Å². The third-order valence-electron chi connectivity index (χ3n) is 2.41. The summed E-state index contributed by atoms with van der Waals surface area (Å²) in [6.07, 6.45) is 6.94. The van der Waals surface area contributed by atoms with Crippen LogP contribution in [-0.4, -0.2) is 13.2 Å².